The number of nitrogens with zero attached hydrogens (tertiary/aromatic N) is 3. The minimum absolute atomic E-state index is 0.0112. The molecule has 0 saturated carbocycles. The first kappa shape index (κ1) is 14.3. The fourth-order valence-electron chi connectivity index (χ4n) is 1.65. The molecule has 20 heavy (non-hydrogen) atoms. The summed E-state index contributed by atoms with van der Waals surface area (Å²) in [5, 5.41) is 9.25. The molecule has 0 radical (unpaired) electrons. The van der Waals surface area contributed by atoms with Gasteiger partial charge < -0.3 is 0 Å². The molecule has 0 spiro atoms. The molecule has 0 aliphatic heterocycles. The molecule has 0 amide bonds. The van der Waals surface area contributed by atoms with Crippen molar-refractivity contribution in [1.82, 2.24) is 4.98 Å². The van der Waals surface area contributed by atoms with E-state index in [0.29, 0.717) is 5.69 Å². The zero-order valence-corrected chi connectivity index (χ0v) is 12.1. The van der Waals surface area contributed by atoms with E-state index in [9.17, 15) is 8.42 Å². The molecule has 0 bridgehead atoms. The first-order valence-corrected chi connectivity index (χ1v) is 7.38. The number of benzene rings is 1. The molecule has 0 N–H and O–H groups in total. The van der Waals surface area contributed by atoms with Crippen LogP contribution < -0.4 is 4.31 Å². The Morgan fingerprint density at radius 3 is 2.55 bits per heavy atom. The van der Waals surface area contributed by atoms with E-state index in [1.54, 1.807) is 24.3 Å². The number of para-hydroxylation sites is 1. The molecule has 1 aromatic heterocycles. The quantitative estimate of drug-likeness (QED) is 0.816. The molecule has 1 aromatic carbocycles. The van der Waals surface area contributed by atoms with Gasteiger partial charge in [0, 0.05) is 13.2 Å². The molecule has 5 nitrogen and oxygen atoms in total. The van der Waals surface area contributed by atoms with Gasteiger partial charge in [-0.1, -0.05) is 23.7 Å². The monoisotopic (exact) mass is 307 g/mol. The molecule has 0 atom stereocenters. The largest absolute Gasteiger partial charge is 0.268 e. The van der Waals surface area contributed by atoms with E-state index in [2.05, 4.69) is 4.98 Å². The van der Waals surface area contributed by atoms with E-state index < -0.39 is 10.0 Å². The van der Waals surface area contributed by atoms with Crippen molar-refractivity contribution in [3.05, 3.63) is 53.3 Å². The van der Waals surface area contributed by atoms with Crippen molar-refractivity contribution < 1.29 is 8.42 Å². The van der Waals surface area contributed by atoms with Crippen molar-refractivity contribution in [2.24, 2.45) is 0 Å². The van der Waals surface area contributed by atoms with Crippen molar-refractivity contribution in [2.45, 2.75) is 4.90 Å². The topological polar surface area (TPSA) is 74.1 Å². The number of hydrogen-bond acceptors (Lipinski definition) is 4. The second kappa shape index (κ2) is 5.49. The maximum absolute atomic E-state index is 12.4. The lowest BCUT2D eigenvalue weighted by Gasteiger charge is -2.20. The van der Waals surface area contributed by atoms with Crippen molar-refractivity contribution >= 4 is 27.3 Å². The third-order valence-electron chi connectivity index (χ3n) is 2.72. The first-order chi connectivity index (χ1) is 9.46. The highest BCUT2D eigenvalue weighted by atomic mass is 35.5. The van der Waals surface area contributed by atoms with Crippen molar-refractivity contribution in [2.75, 3.05) is 11.4 Å². The molecular formula is C13H10ClN3O2S. The second-order valence-electron chi connectivity index (χ2n) is 3.92. The van der Waals surface area contributed by atoms with E-state index in [1.807, 2.05) is 6.07 Å². The average molecular weight is 308 g/mol. The lowest BCUT2D eigenvalue weighted by Crippen LogP contribution is -2.27. The van der Waals surface area contributed by atoms with Crippen molar-refractivity contribution in [1.29, 1.82) is 5.26 Å². The van der Waals surface area contributed by atoms with Gasteiger partial charge in [-0.25, -0.2) is 13.4 Å². The smallest absolute Gasteiger partial charge is 0.265 e. The van der Waals surface area contributed by atoms with Gasteiger partial charge in [-0.2, -0.15) is 5.26 Å². The Bertz CT molecular complexity index is 767. The Morgan fingerprint density at radius 1 is 1.25 bits per heavy atom. The van der Waals surface area contributed by atoms with E-state index in [1.165, 1.54) is 25.4 Å². The highest BCUT2D eigenvalue weighted by molar-refractivity contribution is 7.92. The zero-order chi connectivity index (χ0) is 14.8. The average Bonchev–Trinajstić information content (AvgIpc) is 2.46. The number of hydrogen-bond donors (Lipinski definition) is 0. The molecule has 102 valence electrons. The lowest BCUT2D eigenvalue weighted by atomic mass is 10.2. The van der Waals surface area contributed by atoms with Gasteiger partial charge in [0.1, 0.15) is 16.1 Å². The third-order valence-corrected chi connectivity index (χ3v) is 4.70. The normalized spacial score (nSPS) is 10.8. The number of halogens is 1. The lowest BCUT2D eigenvalue weighted by molar-refractivity contribution is 0.594. The van der Waals surface area contributed by atoms with Gasteiger partial charge in [0.25, 0.3) is 10.0 Å². The van der Waals surface area contributed by atoms with Crippen LogP contribution in [0.4, 0.5) is 5.69 Å². The Hall–Kier alpha value is -2.10. The van der Waals surface area contributed by atoms with Crippen LogP contribution in [0.2, 0.25) is 5.15 Å². The van der Waals surface area contributed by atoms with Crippen LogP contribution in [0.3, 0.4) is 0 Å². The standard InChI is InChI=1S/C13H10ClN3O2S/c1-17(12-5-3-2-4-10(12)8-15)20(18,19)11-6-7-13(14)16-9-11/h2-7,9H,1H3. The van der Waals surface area contributed by atoms with Gasteiger partial charge in [0.15, 0.2) is 0 Å². The number of sulfonamides is 1. The molecule has 7 heteroatoms. The summed E-state index contributed by atoms with van der Waals surface area (Å²) < 4.78 is 25.9. The number of pyridine rings is 1. The molecule has 0 fully saturated rings. The summed E-state index contributed by atoms with van der Waals surface area (Å²) in [6.07, 6.45) is 1.18. The highest BCUT2D eigenvalue weighted by Crippen LogP contribution is 2.25. The summed E-state index contributed by atoms with van der Waals surface area (Å²) in [6.45, 7) is 0. The van der Waals surface area contributed by atoms with Crippen LogP contribution in [0.5, 0.6) is 0 Å². The molecule has 1 heterocycles. The summed E-state index contributed by atoms with van der Waals surface area (Å²) >= 11 is 5.64. The van der Waals surface area contributed by atoms with Gasteiger partial charge in [0.2, 0.25) is 0 Å². The van der Waals surface area contributed by atoms with Crippen LogP contribution in [-0.4, -0.2) is 20.4 Å². The number of nitriles is 1. The number of anilines is 1. The molecule has 0 aliphatic carbocycles. The van der Waals surface area contributed by atoms with E-state index >= 15 is 0 Å². The third kappa shape index (κ3) is 2.59. The van der Waals surface area contributed by atoms with Gasteiger partial charge >= 0.3 is 0 Å². The predicted octanol–water partition coefficient (Wildman–Crippen LogP) is 2.43. The Balaban J connectivity index is 2.49. The Kier molecular flexibility index (Phi) is 3.93. The molecule has 0 saturated heterocycles. The van der Waals surface area contributed by atoms with Gasteiger partial charge in [0.05, 0.1) is 11.3 Å². The van der Waals surface area contributed by atoms with E-state index in [0.717, 1.165) is 4.31 Å². The van der Waals surface area contributed by atoms with Crippen LogP contribution in [-0.2, 0) is 10.0 Å². The fourth-order valence-corrected chi connectivity index (χ4v) is 2.92. The summed E-state index contributed by atoms with van der Waals surface area (Å²) in [4.78, 5) is 3.77. The molecular weight excluding hydrogens is 298 g/mol. The van der Waals surface area contributed by atoms with Crippen LogP contribution in [0, 0.1) is 11.3 Å². The minimum Gasteiger partial charge on any atom is -0.268 e. The minimum atomic E-state index is -3.78. The Morgan fingerprint density at radius 2 is 1.95 bits per heavy atom. The number of aromatic nitrogens is 1. The first-order valence-electron chi connectivity index (χ1n) is 5.56. The maximum atomic E-state index is 12.4. The summed E-state index contributed by atoms with van der Waals surface area (Å²) in [5.74, 6) is 0. The van der Waals surface area contributed by atoms with Crippen LogP contribution >= 0.6 is 11.6 Å². The van der Waals surface area contributed by atoms with Crippen LogP contribution in [0.25, 0.3) is 0 Å². The van der Waals surface area contributed by atoms with Crippen LogP contribution in [0.15, 0.2) is 47.5 Å². The van der Waals surface area contributed by atoms with Crippen LogP contribution in [0.1, 0.15) is 5.56 Å². The SMILES string of the molecule is CN(c1ccccc1C#N)S(=O)(=O)c1ccc(Cl)nc1. The van der Waals surface area contributed by atoms with E-state index in [4.69, 9.17) is 16.9 Å². The van der Waals surface area contributed by atoms with Crippen molar-refractivity contribution in [3.63, 3.8) is 0 Å². The Labute approximate surface area is 122 Å². The van der Waals surface area contributed by atoms with E-state index in [-0.39, 0.29) is 15.6 Å². The second-order valence-corrected chi connectivity index (χ2v) is 6.27. The predicted molar refractivity (Wildman–Crippen MR) is 76.0 cm³/mol. The molecule has 2 rings (SSSR count). The fraction of sp³-hybridized carbons (Fsp3) is 0.0769. The summed E-state index contributed by atoms with van der Waals surface area (Å²) in [7, 11) is -2.39. The van der Waals surface area contributed by atoms with Gasteiger partial charge in [-0.3, -0.25) is 4.31 Å². The zero-order valence-electron chi connectivity index (χ0n) is 10.5. The summed E-state index contributed by atoms with van der Waals surface area (Å²) in [5.41, 5.74) is 0.588. The maximum Gasteiger partial charge on any atom is 0.265 e. The molecule has 0 aliphatic rings. The van der Waals surface area contributed by atoms with Gasteiger partial charge in [-0.05, 0) is 24.3 Å². The van der Waals surface area contributed by atoms with Gasteiger partial charge in [-0.15, -0.1) is 0 Å². The number of rotatable bonds is 3. The summed E-state index contributed by atoms with van der Waals surface area (Å²) in [6, 6.07) is 11.2. The highest BCUT2D eigenvalue weighted by Gasteiger charge is 2.23. The molecule has 2 aromatic rings. The molecule has 0 unspecified atom stereocenters. The van der Waals surface area contributed by atoms with Crippen molar-refractivity contribution in [3.8, 4) is 6.07 Å².